The van der Waals surface area contributed by atoms with Crippen LogP contribution in [-0.2, 0) is 14.3 Å². The van der Waals surface area contributed by atoms with Gasteiger partial charge in [0.15, 0.2) is 0 Å². The smallest absolute Gasteiger partial charge is 0.325 e. The van der Waals surface area contributed by atoms with Gasteiger partial charge in [0.25, 0.3) is 11.1 Å². The molecule has 1 saturated heterocycles. The van der Waals surface area contributed by atoms with Gasteiger partial charge in [-0.05, 0) is 67.4 Å². The summed E-state index contributed by atoms with van der Waals surface area (Å²) in [5, 5.41) is -0.509. The number of benzene rings is 1. The van der Waals surface area contributed by atoms with Crippen molar-refractivity contribution in [1.82, 2.24) is 4.90 Å². The van der Waals surface area contributed by atoms with Crippen LogP contribution in [0.5, 0.6) is 5.75 Å². The zero-order valence-corrected chi connectivity index (χ0v) is 17.1. The first-order chi connectivity index (χ1) is 11.9. The molecule has 2 rings (SSSR count). The Morgan fingerprint density at radius 2 is 1.96 bits per heavy atom. The average molecular weight is 491 g/mol. The van der Waals surface area contributed by atoms with Crippen LogP contribution in [0.4, 0.5) is 4.79 Å². The Labute approximate surface area is 165 Å². The highest BCUT2D eigenvalue weighted by atomic mass is 79.9. The third-order valence-corrected chi connectivity index (χ3v) is 5.14. The molecule has 1 aliphatic heterocycles. The summed E-state index contributed by atoms with van der Waals surface area (Å²) in [6.07, 6.45) is 3.21. The topological polar surface area (TPSA) is 72.9 Å². The molecule has 25 heavy (non-hydrogen) atoms. The number of esters is 1. The minimum Gasteiger partial charge on any atom is -0.487 e. The molecule has 0 atom stereocenters. The van der Waals surface area contributed by atoms with Gasteiger partial charge in [-0.3, -0.25) is 19.3 Å². The predicted molar refractivity (Wildman–Crippen MR) is 102 cm³/mol. The zero-order chi connectivity index (χ0) is 18.6. The van der Waals surface area contributed by atoms with Crippen molar-refractivity contribution in [2.75, 3.05) is 20.3 Å². The van der Waals surface area contributed by atoms with E-state index in [1.165, 1.54) is 7.11 Å². The number of methoxy groups -OCH3 is 1. The summed E-state index contributed by atoms with van der Waals surface area (Å²) in [5.74, 6) is -0.576. The SMILES string of the molecule is C=CCOc1c(Br)cc(/C=C2\SC(=O)N(CC(=O)OC)C2=O)cc1Br. The van der Waals surface area contributed by atoms with Crippen molar-refractivity contribution in [3.05, 3.63) is 44.2 Å². The van der Waals surface area contributed by atoms with Crippen LogP contribution in [0.25, 0.3) is 6.08 Å². The van der Waals surface area contributed by atoms with E-state index in [0.29, 0.717) is 26.9 Å². The quantitative estimate of drug-likeness (QED) is 0.341. The molecule has 0 unspecified atom stereocenters. The summed E-state index contributed by atoms with van der Waals surface area (Å²) in [6.45, 7) is 3.54. The van der Waals surface area contributed by atoms with Crippen molar-refractivity contribution in [2.45, 2.75) is 0 Å². The minimum atomic E-state index is -0.655. The normalized spacial score (nSPS) is 15.6. The fraction of sp³-hybridized carbons (Fsp3) is 0.188. The molecule has 0 spiro atoms. The molecule has 9 heteroatoms. The van der Waals surface area contributed by atoms with Gasteiger partial charge in [-0.15, -0.1) is 0 Å². The standard InChI is InChI=1S/C16H13Br2NO5S/c1-3-4-24-14-10(17)5-9(6-11(14)18)7-12-15(21)19(16(22)25-12)8-13(20)23-2/h3,5-7H,1,4,8H2,2H3/b12-7-. The number of imide groups is 1. The van der Waals surface area contributed by atoms with E-state index < -0.39 is 23.7 Å². The molecule has 0 radical (unpaired) electrons. The fourth-order valence-electron chi connectivity index (χ4n) is 1.92. The average Bonchev–Trinajstić information content (AvgIpc) is 2.81. The van der Waals surface area contributed by atoms with Crippen molar-refractivity contribution in [1.29, 1.82) is 0 Å². The number of carbonyl (C=O) groups is 3. The molecule has 132 valence electrons. The number of nitrogens with zero attached hydrogens (tertiary/aromatic N) is 1. The fourth-order valence-corrected chi connectivity index (χ4v) is 4.21. The Hall–Kier alpha value is -1.58. The molecule has 0 aromatic heterocycles. The van der Waals surface area contributed by atoms with Gasteiger partial charge < -0.3 is 9.47 Å². The molecule has 1 aromatic carbocycles. The lowest BCUT2D eigenvalue weighted by Crippen LogP contribution is -2.34. The van der Waals surface area contributed by atoms with E-state index in [2.05, 4.69) is 43.2 Å². The van der Waals surface area contributed by atoms with Gasteiger partial charge in [0.2, 0.25) is 0 Å². The second kappa shape index (κ2) is 8.68. The third-order valence-electron chi connectivity index (χ3n) is 3.05. The minimum absolute atomic E-state index is 0.229. The first-order valence-corrected chi connectivity index (χ1v) is 9.32. The van der Waals surface area contributed by atoms with E-state index in [4.69, 9.17) is 4.74 Å². The van der Waals surface area contributed by atoms with Crippen molar-refractivity contribution in [3.63, 3.8) is 0 Å². The van der Waals surface area contributed by atoms with Gasteiger partial charge >= 0.3 is 5.97 Å². The van der Waals surface area contributed by atoms with E-state index in [1.54, 1.807) is 24.3 Å². The number of thioether (sulfide) groups is 1. The Bertz CT molecular complexity index is 755. The summed E-state index contributed by atoms with van der Waals surface area (Å²) in [6, 6.07) is 3.52. The van der Waals surface area contributed by atoms with Crippen LogP contribution in [0.3, 0.4) is 0 Å². The molecular weight excluding hydrogens is 478 g/mol. The van der Waals surface area contributed by atoms with Crippen LogP contribution < -0.4 is 4.74 Å². The lowest BCUT2D eigenvalue weighted by Gasteiger charge is -2.10. The first-order valence-electron chi connectivity index (χ1n) is 6.92. The molecule has 0 saturated carbocycles. The van der Waals surface area contributed by atoms with Crippen molar-refractivity contribution in [2.24, 2.45) is 0 Å². The van der Waals surface area contributed by atoms with Crippen LogP contribution in [0.2, 0.25) is 0 Å². The highest BCUT2D eigenvalue weighted by molar-refractivity contribution is 9.11. The molecule has 1 heterocycles. The van der Waals surface area contributed by atoms with Crippen molar-refractivity contribution < 1.29 is 23.9 Å². The molecule has 2 amide bonds. The van der Waals surface area contributed by atoms with Gasteiger partial charge in [-0.1, -0.05) is 12.7 Å². The van der Waals surface area contributed by atoms with Gasteiger partial charge in [0.1, 0.15) is 18.9 Å². The van der Waals surface area contributed by atoms with Gasteiger partial charge in [0.05, 0.1) is 21.0 Å². The maximum Gasteiger partial charge on any atom is 0.325 e. The van der Waals surface area contributed by atoms with Crippen LogP contribution in [0.1, 0.15) is 5.56 Å². The van der Waals surface area contributed by atoms with E-state index in [9.17, 15) is 14.4 Å². The van der Waals surface area contributed by atoms with Crippen molar-refractivity contribution in [3.8, 4) is 5.75 Å². The molecule has 0 aliphatic carbocycles. The Kier molecular flexibility index (Phi) is 6.86. The van der Waals surface area contributed by atoms with Gasteiger partial charge in [0, 0.05) is 0 Å². The Morgan fingerprint density at radius 3 is 2.52 bits per heavy atom. The number of hydrogen-bond donors (Lipinski definition) is 0. The Morgan fingerprint density at radius 1 is 1.32 bits per heavy atom. The van der Waals surface area contributed by atoms with Crippen molar-refractivity contribution >= 4 is 66.8 Å². The van der Waals surface area contributed by atoms with Crippen LogP contribution >= 0.6 is 43.6 Å². The summed E-state index contributed by atoms with van der Waals surface area (Å²) in [4.78, 5) is 36.6. The Balaban J connectivity index is 2.26. The summed E-state index contributed by atoms with van der Waals surface area (Å²) >= 11 is 7.59. The first kappa shape index (κ1) is 19.7. The highest BCUT2D eigenvalue weighted by Crippen LogP contribution is 2.37. The summed E-state index contributed by atoms with van der Waals surface area (Å²) in [5.41, 5.74) is 0.688. The molecular formula is C16H13Br2NO5S. The second-order valence-electron chi connectivity index (χ2n) is 4.76. The monoisotopic (exact) mass is 489 g/mol. The zero-order valence-electron chi connectivity index (χ0n) is 13.1. The number of halogens is 2. The predicted octanol–water partition coefficient (Wildman–Crippen LogP) is 3.99. The number of rotatable bonds is 6. The lowest BCUT2D eigenvalue weighted by atomic mass is 10.2. The molecule has 6 nitrogen and oxygen atoms in total. The van der Waals surface area contributed by atoms with Gasteiger partial charge in [-0.25, -0.2) is 0 Å². The molecule has 1 aliphatic rings. The number of ether oxygens (including phenoxy) is 2. The van der Waals surface area contributed by atoms with Crippen LogP contribution in [0.15, 0.2) is 38.6 Å². The number of carbonyl (C=O) groups excluding carboxylic acids is 3. The number of amides is 2. The van der Waals surface area contributed by atoms with Gasteiger partial charge in [-0.2, -0.15) is 0 Å². The summed E-state index contributed by atoms with van der Waals surface area (Å²) in [7, 11) is 1.20. The second-order valence-corrected chi connectivity index (χ2v) is 7.46. The van der Waals surface area contributed by atoms with E-state index in [0.717, 1.165) is 16.7 Å². The molecule has 0 N–H and O–H groups in total. The molecule has 1 aromatic rings. The number of hydrogen-bond acceptors (Lipinski definition) is 6. The molecule has 0 bridgehead atoms. The maximum absolute atomic E-state index is 12.3. The maximum atomic E-state index is 12.3. The van der Waals surface area contributed by atoms with E-state index in [-0.39, 0.29) is 4.91 Å². The molecule has 1 fully saturated rings. The van der Waals surface area contributed by atoms with Crippen LogP contribution in [0, 0.1) is 0 Å². The highest BCUT2D eigenvalue weighted by Gasteiger charge is 2.36. The summed E-state index contributed by atoms with van der Waals surface area (Å²) < 4.78 is 11.4. The van der Waals surface area contributed by atoms with Crippen LogP contribution in [-0.4, -0.2) is 42.3 Å². The van der Waals surface area contributed by atoms with E-state index in [1.807, 2.05) is 0 Å². The third kappa shape index (κ3) is 4.74. The largest absolute Gasteiger partial charge is 0.487 e. The lowest BCUT2D eigenvalue weighted by molar-refractivity contribution is -0.143. The van der Waals surface area contributed by atoms with E-state index >= 15 is 0 Å².